The summed E-state index contributed by atoms with van der Waals surface area (Å²) in [5.41, 5.74) is 4.94. The van der Waals surface area contributed by atoms with Crippen molar-refractivity contribution in [2.75, 3.05) is 0 Å². The standard InChI is InChI=1S/C21H28N4S/c1-15(2)18-6-8-19(9-7-18)21-23-20(14-26-21)13-25(16(3)4)12-17-10-22-24(5)11-17/h6-11,14-16H,12-13H2,1-5H3. The van der Waals surface area contributed by atoms with E-state index in [9.17, 15) is 0 Å². The van der Waals surface area contributed by atoms with E-state index < -0.39 is 0 Å². The van der Waals surface area contributed by atoms with Gasteiger partial charge < -0.3 is 0 Å². The van der Waals surface area contributed by atoms with Gasteiger partial charge in [-0.15, -0.1) is 11.3 Å². The lowest BCUT2D eigenvalue weighted by Gasteiger charge is -2.25. The number of aryl methyl sites for hydroxylation is 1. The fraction of sp³-hybridized carbons (Fsp3) is 0.429. The summed E-state index contributed by atoms with van der Waals surface area (Å²) in [6.45, 7) is 10.6. The zero-order valence-corrected chi connectivity index (χ0v) is 17.1. The van der Waals surface area contributed by atoms with Crippen LogP contribution in [0.1, 0.15) is 50.4 Å². The summed E-state index contributed by atoms with van der Waals surface area (Å²) >= 11 is 1.73. The van der Waals surface area contributed by atoms with Crippen LogP contribution in [0.5, 0.6) is 0 Å². The van der Waals surface area contributed by atoms with Crippen molar-refractivity contribution in [2.45, 2.75) is 52.7 Å². The predicted molar refractivity (Wildman–Crippen MR) is 109 cm³/mol. The van der Waals surface area contributed by atoms with Crippen molar-refractivity contribution >= 4 is 11.3 Å². The molecule has 5 heteroatoms. The number of aromatic nitrogens is 3. The van der Waals surface area contributed by atoms with Gasteiger partial charge in [-0.05, 0) is 25.3 Å². The zero-order chi connectivity index (χ0) is 18.7. The van der Waals surface area contributed by atoms with Gasteiger partial charge in [-0.25, -0.2) is 4.98 Å². The van der Waals surface area contributed by atoms with Gasteiger partial charge in [-0.2, -0.15) is 5.10 Å². The van der Waals surface area contributed by atoms with E-state index in [-0.39, 0.29) is 0 Å². The molecule has 0 aliphatic rings. The number of hydrogen-bond donors (Lipinski definition) is 0. The molecule has 4 nitrogen and oxygen atoms in total. The van der Waals surface area contributed by atoms with Crippen LogP contribution >= 0.6 is 11.3 Å². The molecule has 3 aromatic rings. The molecule has 26 heavy (non-hydrogen) atoms. The molecule has 0 fully saturated rings. The third kappa shape index (κ3) is 4.59. The molecule has 3 rings (SSSR count). The molecule has 0 spiro atoms. The van der Waals surface area contributed by atoms with Crippen LogP contribution in [0.4, 0.5) is 0 Å². The van der Waals surface area contributed by atoms with E-state index in [1.165, 1.54) is 16.7 Å². The molecular formula is C21H28N4S. The molecule has 0 amide bonds. The monoisotopic (exact) mass is 368 g/mol. The Morgan fingerprint density at radius 1 is 1.08 bits per heavy atom. The van der Waals surface area contributed by atoms with E-state index in [0.29, 0.717) is 12.0 Å². The third-order valence-electron chi connectivity index (χ3n) is 4.62. The lowest BCUT2D eigenvalue weighted by atomic mass is 10.0. The lowest BCUT2D eigenvalue weighted by molar-refractivity contribution is 0.201. The second-order valence-corrected chi connectivity index (χ2v) is 8.30. The maximum Gasteiger partial charge on any atom is 0.123 e. The van der Waals surface area contributed by atoms with Gasteiger partial charge >= 0.3 is 0 Å². The van der Waals surface area contributed by atoms with Crippen LogP contribution in [0.3, 0.4) is 0 Å². The highest BCUT2D eigenvalue weighted by atomic mass is 32.1. The van der Waals surface area contributed by atoms with Crippen LogP contribution < -0.4 is 0 Å². The number of hydrogen-bond acceptors (Lipinski definition) is 4. The Bertz CT molecular complexity index is 830. The average molecular weight is 369 g/mol. The summed E-state index contributed by atoms with van der Waals surface area (Å²) in [7, 11) is 1.96. The second kappa shape index (κ2) is 8.14. The molecule has 138 valence electrons. The van der Waals surface area contributed by atoms with Gasteiger partial charge in [0, 0.05) is 48.9 Å². The van der Waals surface area contributed by atoms with Crippen molar-refractivity contribution in [3.63, 3.8) is 0 Å². The summed E-state index contributed by atoms with van der Waals surface area (Å²) in [4.78, 5) is 7.31. The van der Waals surface area contributed by atoms with Gasteiger partial charge in [-0.3, -0.25) is 9.58 Å². The van der Waals surface area contributed by atoms with Crippen LogP contribution in [0.2, 0.25) is 0 Å². The van der Waals surface area contributed by atoms with E-state index in [0.717, 1.165) is 23.8 Å². The largest absolute Gasteiger partial charge is 0.291 e. The van der Waals surface area contributed by atoms with Gasteiger partial charge in [0.2, 0.25) is 0 Å². The molecular weight excluding hydrogens is 340 g/mol. The number of nitrogens with zero attached hydrogens (tertiary/aromatic N) is 4. The quantitative estimate of drug-likeness (QED) is 0.583. The molecule has 0 unspecified atom stereocenters. The first-order chi connectivity index (χ1) is 12.4. The molecule has 2 aromatic heterocycles. The molecule has 0 aliphatic carbocycles. The first kappa shape index (κ1) is 18.8. The Labute approximate surface area is 160 Å². The van der Waals surface area contributed by atoms with Crippen LogP contribution in [0.15, 0.2) is 42.0 Å². The van der Waals surface area contributed by atoms with Crippen LogP contribution in [0.25, 0.3) is 10.6 Å². The highest BCUT2D eigenvalue weighted by Crippen LogP contribution is 2.26. The Morgan fingerprint density at radius 2 is 1.81 bits per heavy atom. The number of thiazole rings is 1. The molecule has 0 atom stereocenters. The van der Waals surface area contributed by atoms with Crippen molar-refractivity contribution in [3.05, 3.63) is 58.9 Å². The predicted octanol–water partition coefficient (Wildman–Crippen LogP) is 5.08. The molecule has 0 saturated heterocycles. The molecule has 2 heterocycles. The molecule has 0 aliphatic heterocycles. The lowest BCUT2D eigenvalue weighted by Crippen LogP contribution is -2.29. The molecule has 1 aromatic carbocycles. The maximum absolute atomic E-state index is 4.88. The highest BCUT2D eigenvalue weighted by molar-refractivity contribution is 7.13. The fourth-order valence-corrected chi connectivity index (χ4v) is 3.76. The normalized spacial score (nSPS) is 11.8. The Balaban J connectivity index is 1.71. The second-order valence-electron chi connectivity index (χ2n) is 7.44. The van der Waals surface area contributed by atoms with Crippen molar-refractivity contribution < 1.29 is 0 Å². The summed E-state index contributed by atoms with van der Waals surface area (Å²) in [5, 5.41) is 7.56. The molecule has 0 radical (unpaired) electrons. The first-order valence-electron chi connectivity index (χ1n) is 9.18. The van der Waals surface area contributed by atoms with Crippen LogP contribution in [0, 0.1) is 0 Å². The maximum atomic E-state index is 4.88. The van der Waals surface area contributed by atoms with E-state index in [4.69, 9.17) is 4.98 Å². The Kier molecular flexibility index (Phi) is 5.89. The summed E-state index contributed by atoms with van der Waals surface area (Å²) in [5.74, 6) is 0.558. The minimum absolute atomic E-state index is 0.450. The minimum atomic E-state index is 0.450. The van der Waals surface area contributed by atoms with Crippen molar-refractivity contribution in [2.24, 2.45) is 7.05 Å². The fourth-order valence-electron chi connectivity index (χ4n) is 2.94. The van der Waals surface area contributed by atoms with E-state index in [2.05, 4.69) is 73.5 Å². The smallest absolute Gasteiger partial charge is 0.123 e. The summed E-state index contributed by atoms with van der Waals surface area (Å²) in [6.07, 6.45) is 4.02. The van der Waals surface area contributed by atoms with Crippen molar-refractivity contribution in [1.82, 2.24) is 19.7 Å². The first-order valence-corrected chi connectivity index (χ1v) is 10.1. The van der Waals surface area contributed by atoms with E-state index in [1.807, 2.05) is 17.9 Å². The van der Waals surface area contributed by atoms with Crippen molar-refractivity contribution in [3.8, 4) is 10.6 Å². The topological polar surface area (TPSA) is 34.0 Å². The molecule has 0 N–H and O–H groups in total. The third-order valence-corrected chi connectivity index (χ3v) is 5.56. The van der Waals surface area contributed by atoms with Crippen molar-refractivity contribution in [1.29, 1.82) is 0 Å². The van der Waals surface area contributed by atoms with E-state index in [1.54, 1.807) is 11.3 Å². The van der Waals surface area contributed by atoms with Crippen LogP contribution in [-0.4, -0.2) is 25.7 Å². The molecule has 0 saturated carbocycles. The highest BCUT2D eigenvalue weighted by Gasteiger charge is 2.14. The van der Waals surface area contributed by atoms with Gasteiger partial charge in [0.05, 0.1) is 11.9 Å². The molecule has 0 bridgehead atoms. The Hall–Kier alpha value is -1.98. The zero-order valence-electron chi connectivity index (χ0n) is 16.3. The Morgan fingerprint density at radius 3 is 2.38 bits per heavy atom. The van der Waals surface area contributed by atoms with Crippen LogP contribution in [-0.2, 0) is 20.1 Å². The van der Waals surface area contributed by atoms with Gasteiger partial charge in [-0.1, -0.05) is 38.1 Å². The summed E-state index contributed by atoms with van der Waals surface area (Å²) < 4.78 is 1.86. The minimum Gasteiger partial charge on any atom is -0.291 e. The van der Waals surface area contributed by atoms with Gasteiger partial charge in [0.15, 0.2) is 0 Å². The van der Waals surface area contributed by atoms with Gasteiger partial charge in [0.1, 0.15) is 5.01 Å². The SMILES string of the molecule is CC(C)c1ccc(-c2nc(CN(Cc3cnn(C)c3)C(C)C)cs2)cc1. The number of benzene rings is 1. The average Bonchev–Trinajstić information content (AvgIpc) is 3.23. The van der Waals surface area contributed by atoms with Gasteiger partial charge in [0.25, 0.3) is 0 Å². The van der Waals surface area contributed by atoms with E-state index >= 15 is 0 Å². The number of rotatable bonds is 7. The summed E-state index contributed by atoms with van der Waals surface area (Å²) in [6, 6.07) is 9.25.